The standard InChI is InChI=1S/C22H20N2O3/c1-15-5-3-4-6-18(15)13-24-14-19(9-12-21(24)26)22(27)23-20-10-7-17(8-11-20)16(2)25/h3-12,14H,13H2,1-2H3,(H,23,27). The Hall–Kier alpha value is -3.47. The maximum absolute atomic E-state index is 12.5. The van der Waals surface area contributed by atoms with Gasteiger partial charge < -0.3 is 9.88 Å². The number of nitrogens with zero attached hydrogens (tertiary/aromatic N) is 1. The fourth-order valence-corrected chi connectivity index (χ4v) is 2.75. The van der Waals surface area contributed by atoms with Crippen molar-refractivity contribution in [2.75, 3.05) is 5.32 Å². The summed E-state index contributed by atoms with van der Waals surface area (Å²) in [5, 5.41) is 2.78. The van der Waals surface area contributed by atoms with Crippen LogP contribution < -0.4 is 10.9 Å². The second-order valence-electron chi connectivity index (χ2n) is 6.40. The van der Waals surface area contributed by atoms with Crippen LogP contribution >= 0.6 is 0 Å². The number of pyridine rings is 1. The van der Waals surface area contributed by atoms with Gasteiger partial charge in [0.2, 0.25) is 0 Å². The van der Waals surface area contributed by atoms with Crippen molar-refractivity contribution >= 4 is 17.4 Å². The van der Waals surface area contributed by atoms with Gasteiger partial charge in [0.1, 0.15) is 0 Å². The van der Waals surface area contributed by atoms with Gasteiger partial charge in [0.15, 0.2) is 5.78 Å². The van der Waals surface area contributed by atoms with Crippen LogP contribution in [0.1, 0.15) is 38.8 Å². The van der Waals surface area contributed by atoms with Crippen molar-refractivity contribution in [1.82, 2.24) is 4.57 Å². The lowest BCUT2D eigenvalue weighted by Crippen LogP contribution is -2.22. The number of benzene rings is 2. The van der Waals surface area contributed by atoms with E-state index in [1.807, 2.05) is 31.2 Å². The third-order valence-electron chi connectivity index (χ3n) is 4.40. The van der Waals surface area contributed by atoms with E-state index in [1.165, 1.54) is 23.6 Å². The van der Waals surface area contributed by atoms with E-state index >= 15 is 0 Å². The molecule has 0 saturated carbocycles. The largest absolute Gasteiger partial charge is 0.322 e. The number of aryl methyl sites for hydroxylation is 1. The van der Waals surface area contributed by atoms with E-state index in [9.17, 15) is 14.4 Å². The zero-order chi connectivity index (χ0) is 19.4. The normalized spacial score (nSPS) is 10.4. The number of carbonyl (C=O) groups is 2. The highest BCUT2D eigenvalue weighted by molar-refractivity contribution is 6.04. The Morgan fingerprint density at radius 1 is 0.926 bits per heavy atom. The summed E-state index contributed by atoms with van der Waals surface area (Å²) in [6.45, 7) is 3.88. The van der Waals surface area contributed by atoms with Crippen LogP contribution in [-0.2, 0) is 6.54 Å². The molecule has 0 radical (unpaired) electrons. The first kappa shape index (κ1) is 18.3. The Morgan fingerprint density at radius 3 is 2.26 bits per heavy atom. The Labute approximate surface area is 157 Å². The molecule has 136 valence electrons. The number of amides is 1. The number of nitrogens with one attached hydrogen (secondary N) is 1. The molecule has 0 bridgehead atoms. The maximum Gasteiger partial charge on any atom is 0.257 e. The molecule has 2 aromatic carbocycles. The number of hydrogen-bond acceptors (Lipinski definition) is 3. The molecule has 3 aromatic rings. The Balaban J connectivity index is 1.80. The van der Waals surface area contributed by atoms with Crippen molar-refractivity contribution in [3.05, 3.63) is 99.5 Å². The molecule has 5 nitrogen and oxygen atoms in total. The Bertz CT molecular complexity index is 1050. The van der Waals surface area contributed by atoms with Crippen LogP contribution in [-0.4, -0.2) is 16.3 Å². The molecular weight excluding hydrogens is 340 g/mol. The summed E-state index contributed by atoms with van der Waals surface area (Å²) in [5.74, 6) is -0.347. The average molecular weight is 360 g/mol. The van der Waals surface area contributed by atoms with Gasteiger partial charge in [-0.15, -0.1) is 0 Å². The number of aromatic nitrogens is 1. The summed E-state index contributed by atoms with van der Waals surface area (Å²) in [4.78, 5) is 36.0. The van der Waals surface area contributed by atoms with E-state index in [-0.39, 0.29) is 17.2 Å². The second-order valence-corrected chi connectivity index (χ2v) is 6.40. The number of Topliss-reactive ketones (excluding diaryl/α,β-unsaturated/α-hetero) is 1. The van der Waals surface area contributed by atoms with Gasteiger partial charge in [-0.3, -0.25) is 14.4 Å². The predicted molar refractivity (Wildman–Crippen MR) is 105 cm³/mol. The number of ketones is 1. The minimum Gasteiger partial charge on any atom is -0.322 e. The summed E-state index contributed by atoms with van der Waals surface area (Å²) in [6, 6.07) is 17.4. The molecule has 0 unspecified atom stereocenters. The predicted octanol–water partition coefficient (Wildman–Crippen LogP) is 3.66. The fraction of sp³-hybridized carbons (Fsp3) is 0.136. The van der Waals surface area contributed by atoms with Crippen molar-refractivity contribution in [2.45, 2.75) is 20.4 Å². The van der Waals surface area contributed by atoms with Crippen molar-refractivity contribution in [3.63, 3.8) is 0 Å². The molecule has 0 atom stereocenters. The Morgan fingerprint density at radius 2 is 1.59 bits per heavy atom. The van der Waals surface area contributed by atoms with Gasteiger partial charge in [-0.25, -0.2) is 0 Å². The third-order valence-corrected chi connectivity index (χ3v) is 4.40. The summed E-state index contributed by atoms with van der Waals surface area (Å²) in [5.41, 5.74) is 3.50. The highest BCUT2D eigenvalue weighted by Gasteiger charge is 2.10. The molecule has 0 aliphatic rings. The molecule has 1 aromatic heterocycles. The van der Waals surface area contributed by atoms with Gasteiger partial charge in [0, 0.05) is 23.5 Å². The van der Waals surface area contributed by atoms with Crippen molar-refractivity contribution in [3.8, 4) is 0 Å². The highest BCUT2D eigenvalue weighted by Crippen LogP contribution is 2.12. The van der Waals surface area contributed by atoms with E-state index < -0.39 is 0 Å². The van der Waals surface area contributed by atoms with Crippen LogP contribution in [0.5, 0.6) is 0 Å². The second kappa shape index (κ2) is 7.83. The topological polar surface area (TPSA) is 68.2 Å². The smallest absolute Gasteiger partial charge is 0.257 e. The first-order valence-corrected chi connectivity index (χ1v) is 8.61. The van der Waals surface area contributed by atoms with Crippen LogP contribution in [0.3, 0.4) is 0 Å². The van der Waals surface area contributed by atoms with Crippen LogP contribution in [0, 0.1) is 6.92 Å². The zero-order valence-corrected chi connectivity index (χ0v) is 15.2. The molecule has 0 saturated heterocycles. The molecule has 27 heavy (non-hydrogen) atoms. The molecule has 3 rings (SSSR count). The van der Waals surface area contributed by atoms with Crippen molar-refractivity contribution in [1.29, 1.82) is 0 Å². The SMILES string of the molecule is CC(=O)c1ccc(NC(=O)c2ccc(=O)n(Cc3ccccc3C)c2)cc1. The molecule has 0 fully saturated rings. The summed E-state index contributed by atoms with van der Waals surface area (Å²) in [7, 11) is 0. The van der Waals surface area contributed by atoms with Crippen LogP contribution in [0.2, 0.25) is 0 Å². The monoisotopic (exact) mass is 360 g/mol. The molecule has 0 aliphatic carbocycles. The lowest BCUT2D eigenvalue weighted by Gasteiger charge is -2.11. The quantitative estimate of drug-likeness (QED) is 0.706. The number of anilines is 1. The average Bonchev–Trinajstić information content (AvgIpc) is 2.65. The van der Waals surface area contributed by atoms with E-state index in [0.29, 0.717) is 23.4 Å². The first-order valence-electron chi connectivity index (χ1n) is 8.61. The molecule has 0 spiro atoms. The van der Waals surface area contributed by atoms with Gasteiger partial charge in [-0.1, -0.05) is 24.3 Å². The highest BCUT2D eigenvalue weighted by atomic mass is 16.2. The molecule has 1 heterocycles. The molecule has 1 N–H and O–H groups in total. The summed E-state index contributed by atoms with van der Waals surface area (Å²) < 4.78 is 1.52. The van der Waals surface area contributed by atoms with Crippen LogP contribution in [0.25, 0.3) is 0 Å². The van der Waals surface area contributed by atoms with E-state index in [4.69, 9.17) is 0 Å². The van der Waals surface area contributed by atoms with Gasteiger partial charge in [-0.05, 0) is 55.3 Å². The van der Waals surface area contributed by atoms with Crippen LogP contribution in [0.4, 0.5) is 5.69 Å². The number of rotatable bonds is 5. The van der Waals surface area contributed by atoms with Crippen LogP contribution in [0.15, 0.2) is 71.7 Å². The molecule has 5 heteroatoms. The van der Waals surface area contributed by atoms with Crippen molar-refractivity contribution in [2.24, 2.45) is 0 Å². The lowest BCUT2D eigenvalue weighted by atomic mass is 10.1. The van der Waals surface area contributed by atoms with Gasteiger partial charge >= 0.3 is 0 Å². The van der Waals surface area contributed by atoms with E-state index in [2.05, 4.69) is 5.32 Å². The fourth-order valence-electron chi connectivity index (χ4n) is 2.75. The Kier molecular flexibility index (Phi) is 5.31. The number of hydrogen-bond donors (Lipinski definition) is 1. The van der Waals surface area contributed by atoms with Gasteiger partial charge in [0.25, 0.3) is 11.5 Å². The zero-order valence-electron chi connectivity index (χ0n) is 15.2. The van der Waals surface area contributed by atoms with E-state index in [1.54, 1.807) is 30.5 Å². The minimum atomic E-state index is -0.316. The maximum atomic E-state index is 12.5. The summed E-state index contributed by atoms with van der Waals surface area (Å²) >= 11 is 0. The van der Waals surface area contributed by atoms with E-state index in [0.717, 1.165) is 11.1 Å². The van der Waals surface area contributed by atoms with Crippen molar-refractivity contribution < 1.29 is 9.59 Å². The number of carbonyl (C=O) groups excluding carboxylic acids is 2. The molecule has 1 amide bonds. The minimum absolute atomic E-state index is 0.0313. The third kappa shape index (κ3) is 4.39. The molecular formula is C22H20N2O3. The van der Waals surface area contributed by atoms with Gasteiger partial charge in [0.05, 0.1) is 12.1 Å². The lowest BCUT2D eigenvalue weighted by molar-refractivity contribution is 0.101. The first-order chi connectivity index (χ1) is 12.9. The molecule has 0 aliphatic heterocycles. The van der Waals surface area contributed by atoms with Gasteiger partial charge in [-0.2, -0.15) is 0 Å². The summed E-state index contributed by atoms with van der Waals surface area (Å²) in [6.07, 6.45) is 1.56.